The molecule has 0 saturated carbocycles. The second-order valence-corrected chi connectivity index (χ2v) is 5.63. The largest absolute Gasteiger partial charge is 0.388 e. The molecule has 0 aromatic heterocycles. The molecule has 1 N–H and O–H groups in total. The molecule has 0 aliphatic carbocycles. The van der Waals surface area contributed by atoms with Crippen molar-refractivity contribution in [1.82, 2.24) is 0 Å². The number of aliphatic hydroxyl groups is 1. The van der Waals surface area contributed by atoms with Crippen LogP contribution in [0.3, 0.4) is 0 Å². The van der Waals surface area contributed by atoms with E-state index in [9.17, 15) is 5.11 Å². The summed E-state index contributed by atoms with van der Waals surface area (Å²) < 4.78 is 22.8. The van der Waals surface area contributed by atoms with Gasteiger partial charge in [0.05, 0.1) is 13.2 Å². The highest BCUT2D eigenvalue weighted by Crippen LogP contribution is 2.35. The molecule has 2 saturated heterocycles. The summed E-state index contributed by atoms with van der Waals surface area (Å²) in [6, 6.07) is 9.87. The molecular weight excluding hydrogens is 260 g/mol. The SMILES string of the molecule is CC1(C)O[C@@H]2[C@@H](OCc3ccccc3)OC[C@H](O)[C@H]2O1. The minimum Gasteiger partial charge on any atom is -0.388 e. The molecule has 0 spiro atoms. The molecule has 2 heterocycles. The fraction of sp³-hybridized carbons (Fsp3) is 0.600. The van der Waals surface area contributed by atoms with Gasteiger partial charge in [0, 0.05) is 0 Å². The zero-order chi connectivity index (χ0) is 14.2. The molecule has 0 bridgehead atoms. The zero-order valence-electron chi connectivity index (χ0n) is 11.7. The molecule has 5 heteroatoms. The number of hydrogen-bond donors (Lipinski definition) is 1. The van der Waals surface area contributed by atoms with Gasteiger partial charge in [-0.05, 0) is 19.4 Å². The molecule has 5 nitrogen and oxygen atoms in total. The third kappa shape index (κ3) is 2.87. The number of fused-ring (bicyclic) bond motifs is 1. The molecule has 2 fully saturated rings. The third-order valence-electron chi connectivity index (χ3n) is 3.50. The Morgan fingerprint density at radius 3 is 2.65 bits per heavy atom. The smallest absolute Gasteiger partial charge is 0.187 e. The summed E-state index contributed by atoms with van der Waals surface area (Å²) in [4.78, 5) is 0. The number of rotatable bonds is 3. The molecule has 1 aromatic rings. The number of hydrogen-bond acceptors (Lipinski definition) is 5. The van der Waals surface area contributed by atoms with Gasteiger partial charge >= 0.3 is 0 Å². The molecule has 20 heavy (non-hydrogen) atoms. The lowest BCUT2D eigenvalue weighted by Crippen LogP contribution is -2.52. The Morgan fingerprint density at radius 2 is 1.90 bits per heavy atom. The van der Waals surface area contributed by atoms with E-state index in [1.54, 1.807) is 0 Å². The zero-order valence-corrected chi connectivity index (χ0v) is 11.7. The van der Waals surface area contributed by atoms with Crippen LogP contribution in [0.15, 0.2) is 30.3 Å². The van der Waals surface area contributed by atoms with Crippen LogP contribution in [-0.2, 0) is 25.6 Å². The first kappa shape index (κ1) is 14.0. The van der Waals surface area contributed by atoms with Crippen LogP contribution >= 0.6 is 0 Å². The maximum atomic E-state index is 9.93. The van der Waals surface area contributed by atoms with Crippen molar-refractivity contribution in [1.29, 1.82) is 0 Å². The Balaban J connectivity index is 1.65. The minimum absolute atomic E-state index is 0.195. The van der Waals surface area contributed by atoms with Crippen LogP contribution in [0.25, 0.3) is 0 Å². The molecule has 4 atom stereocenters. The van der Waals surface area contributed by atoms with Crippen molar-refractivity contribution < 1.29 is 24.1 Å². The van der Waals surface area contributed by atoms with Gasteiger partial charge in [-0.1, -0.05) is 30.3 Å². The first-order valence-electron chi connectivity index (χ1n) is 6.86. The van der Waals surface area contributed by atoms with Crippen LogP contribution in [0.4, 0.5) is 0 Å². The predicted molar refractivity (Wildman–Crippen MR) is 70.8 cm³/mol. The van der Waals surface area contributed by atoms with E-state index in [0.717, 1.165) is 5.56 Å². The minimum atomic E-state index is -0.724. The second kappa shape index (κ2) is 5.42. The standard InChI is InChI=1S/C15H20O5/c1-15(2)19-12-11(16)9-18-14(13(12)20-15)17-8-10-6-4-3-5-7-10/h3-7,11-14,16H,8-9H2,1-2H3/t11-,12+,13-,14-/m0/s1. The van der Waals surface area contributed by atoms with Crippen molar-refractivity contribution in [2.24, 2.45) is 0 Å². The van der Waals surface area contributed by atoms with Crippen LogP contribution in [0, 0.1) is 0 Å². The quantitative estimate of drug-likeness (QED) is 0.908. The van der Waals surface area contributed by atoms with E-state index >= 15 is 0 Å². The van der Waals surface area contributed by atoms with E-state index in [2.05, 4.69) is 0 Å². The monoisotopic (exact) mass is 280 g/mol. The van der Waals surface area contributed by atoms with Crippen molar-refractivity contribution in [3.63, 3.8) is 0 Å². The van der Waals surface area contributed by atoms with Gasteiger partial charge in [0.15, 0.2) is 12.1 Å². The summed E-state index contributed by atoms with van der Waals surface area (Å²) in [5, 5.41) is 9.93. The Morgan fingerprint density at radius 1 is 1.20 bits per heavy atom. The lowest BCUT2D eigenvalue weighted by atomic mass is 10.1. The van der Waals surface area contributed by atoms with E-state index in [4.69, 9.17) is 18.9 Å². The lowest BCUT2D eigenvalue weighted by Gasteiger charge is -2.34. The number of aliphatic hydroxyl groups excluding tert-OH is 1. The maximum absolute atomic E-state index is 9.93. The molecule has 0 amide bonds. The number of ether oxygens (including phenoxy) is 4. The van der Waals surface area contributed by atoms with Gasteiger partial charge in [-0.3, -0.25) is 0 Å². The average molecular weight is 280 g/mol. The van der Waals surface area contributed by atoms with Gasteiger partial charge in [0.25, 0.3) is 0 Å². The van der Waals surface area contributed by atoms with E-state index in [-0.39, 0.29) is 6.61 Å². The van der Waals surface area contributed by atoms with Crippen LogP contribution < -0.4 is 0 Å². The van der Waals surface area contributed by atoms with Gasteiger partial charge in [-0.15, -0.1) is 0 Å². The first-order chi connectivity index (χ1) is 9.55. The highest BCUT2D eigenvalue weighted by Gasteiger charge is 2.52. The Bertz CT molecular complexity index is 447. The second-order valence-electron chi connectivity index (χ2n) is 5.63. The topological polar surface area (TPSA) is 57.2 Å². The molecule has 110 valence electrons. The highest BCUT2D eigenvalue weighted by molar-refractivity contribution is 5.13. The molecule has 3 rings (SSSR count). The van der Waals surface area contributed by atoms with Gasteiger partial charge in [0.2, 0.25) is 0 Å². The van der Waals surface area contributed by atoms with Crippen molar-refractivity contribution in [2.45, 2.75) is 50.8 Å². The van der Waals surface area contributed by atoms with Crippen molar-refractivity contribution >= 4 is 0 Å². The molecule has 2 aliphatic heterocycles. The Labute approximate surface area is 118 Å². The molecule has 0 radical (unpaired) electrons. The van der Waals surface area contributed by atoms with E-state index in [1.807, 2.05) is 44.2 Å². The van der Waals surface area contributed by atoms with Crippen LogP contribution in [0.2, 0.25) is 0 Å². The Hall–Kier alpha value is -0.980. The van der Waals surface area contributed by atoms with E-state index < -0.39 is 30.4 Å². The number of benzene rings is 1. The Kier molecular flexibility index (Phi) is 3.79. The molecular formula is C15H20O5. The van der Waals surface area contributed by atoms with E-state index in [0.29, 0.717) is 6.61 Å². The molecule has 2 aliphatic rings. The van der Waals surface area contributed by atoms with Gasteiger partial charge < -0.3 is 24.1 Å². The van der Waals surface area contributed by atoms with Crippen molar-refractivity contribution in [3.8, 4) is 0 Å². The van der Waals surface area contributed by atoms with Crippen molar-refractivity contribution in [2.75, 3.05) is 6.61 Å². The third-order valence-corrected chi connectivity index (χ3v) is 3.50. The normalized spacial score (nSPS) is 35.8. The molecule has 0 unspecified atom stereocenters. The summed E-state index contributed by atoms with van der Waals surface area (Å²) in [6.07, 6.45) is -2.01. The summed E-state index contributed by atoms with van der Waals surface area (Å²) in [5.41, 5.74) is 1.07. The van der Waals surface area contributed by atoms with Gasteiger partial charge in [-0.2, -0.15) is 0 Å². The first-order valence-corrected chi connectivity index (χ1v) is 6.86. The van der Waals surface area contributed by atoms with Crippen LogP contribution in [-0.4, -0.2) is 42.1 Å². The summed E-state index contributed by atoms with van der Waals surface area (Å²) in [7, 11) is 0. The van der Waals surface area contributed by atoms with E-state index in [1.165, 1.54) is 0 Å². The highest BCUT2D eigenvalue weighted by atomic mass is 16.8. The fourth-order valence-electron chi connectivity index (χ4n) is 2.60. The lowest BCUT2D eigenvalue weighted by molar-refractivity contribution is -0.251. The maximum Gasteiger partial charge on any atom is 0.187 e. The summed E-state index contributed by atoms with van der Waals surface area (Å²) in [6.45, 7) is 4.28. The predicted octanol–water partition coefficient (Wildman–Crippen LogP) is 1.44. The van der Waals surface area contributed by atoms with Gasteiger partial charge in [-0.25, -0.2) is 0 Å². The van der Waals surface area contributed by atoms with Gasteiger partial charge in [0.1, 0.15) is 18.3 Å². The summed E-state index contributed by atoms with van der Waals surface area (Å²) >= 11 is 0. The van der Waals surface area contributed by atoms with Crippen molar-refractivity contribution in [3.05, 3.63) is 35.9 Å². The van der Waals surface area contributed by atoms with Crippen LogP contribution in [0.1, 0.15) is 19.4 Å². The average Bonchev–Trinajstić information content (AvgIpc) is 2.76. The molecule has 1 aromatic carbocycles. The fourth-order valence-corrected chi connectivity index (χ4v) is 2.60. The van der Waals surface area contributed by atoms with Crippen LogP contribution in [0.5, 0.6) is 0 Å². The summed E-state index contributed by atoms with van der Waals surface area (Å²) in [5.74, 6) is -0.724.